The standard InChI is InChI=1S/2C11H14/c1-4-6-11-9(2)7-5-8-10(11)3;1-4-5-11-7-6-9(2)8-10(11)3/h4-5,7-8H,1,6H2,2-3H3;4,6-8H,1,5H2,2-3H3. The van der Waals surface area contributed by atoms with Crippen molar-refractivity contribution >= 4 is 0 Å². The second-order valence-electron chi connectivity index (χ2n) is 5.79. The molecule has 0 fully saturated rings. The maximum Gasteiger partial charge on any atom is -0.00949 e. The summed E-state index contributed by atoms with van der Waals surface area (Å²) in [5, 5.41) is 0. The monoisotopic (exact) mass is 292 g/mol. The zero-order valence-electron chi connectivity index (χ0n) is 14.4. The zero-order chi connectivity index (χ0) is 16.5. The molecule has 2 rings (SSSR count). The Morgan fingerprint density at radius 1 is 0.773 bits per heavy atom. The summed E-state index contributed by atoms with van der Waals surface area (Å²) in [7, 11) is 0. The molecule has 0 amide bonds. The number of hydrogen-bond donors (Lipinski definition) is 0. The SMILES string of the molecule is C=CCc1c(C)cccc1C.C=CCc1ccc(C)cc1C. The molecule has 0 aliphatic heterocycles. The van der Waals surface area contributed by atoms with Gasteiger partial charge in [-0.3, -0.25) is 0 Å². The molecule has 0 nitrogen and oxygen atoms in total. The Bertz CT molecular complexity index is 612. The van der Waals surface area contributed by atoms with Gasteiger partial charge in [0.05, 0.1) is 0 Å². The van der Waals surface area contributed by atoms with Crippen LogP contribution in [0.1, 0.15) is 33.4 Å². The Hall–Kier alpha value is -2.08. The van der Waals surface area contributed by atoms with E-state index in [9.17, 15) is 0 Å². The lowest BCUT2D eigenvalue weighted by atomic mass is 10.0. The average molecular weight is 292 g/mol. The fourth-order valence-corrected chi connectivity index (χ4v) is 2.55. The molecule has 0 spiro atoms. The smallest absolute Gasteiger partial charge is 0.00949 e. The van der Waals surface area contributed by atoms with Crippen molar-refractivity contribution in [1.29, 1.82) is 0 Å². The topological polar surface area (TPSA) is 0 Å². The van der Waals surface area contributed by atoms with Gasteiger partial charge in [0.1, 0.15) is 0 Å². The molecule has 0 saturated heterocycles. The second-order valence-corrected chi connectivity index (χ2v) is 5.79. The van der Waals surface area contributed by atoms with Gasteiger partial charge in [-0.15, -0.1) is 13.2 Å². The first-order valence-corrected chi connectivity index (χ1v) is 7.82. The van der Waals surface area contributed by atoms with E-state index in [1.165, 1.54) is 33.4 Å². The van der Waals surface area contributed by atoms with E-state index < -0.39 is 0 Å². The van der Waals surface area contributed by atoms with Gasteiger partial charge in [0.25, 0.3) is 0 Å². The van der Waals surface area contributed by atoms with Crippen molar-refractivity contribution in [2.75, 3.05) is 0 Å². The lowest BCUT2D eigenvalue weighted by molar-refractivity contribution is 1.17. The lowest BCUT2D eigenvalue weighted by Crippen LogP contribution is -1.90. The van der Waals surface area contributed by atoms with Crippen molar-refractivity contribution in [2.24, 2.45) is 0 Å². The summed E-state index contributed by atoms with van der Waals surface area (Å²) in [5.74, 6) is 0. The molecule has 0 heterocycles. The molecule has 2 aromatic rings. The molecule has 2 aromatic carbocycles. The highest BCUT2D eigenvalue weighted by atomic mass is 14.0. The zero-order valence-corrected chi connectivity index (χ0v) is 14.4. The molecule has 0 bridgehead atoms. The predicted molar refractivity (Wildman–Crippen MR) is 99.6 cm³/mol. The van der Waals surface area contributed by atoms with Crippen molar-refractivity contribution in [3.63, 3.8) is 0 Å². The van der Waals surface area contributed by atoms with Gasteiger partial charge in [0, 0.05) is 0 Å². The Kier molecular flexibility index (Phi) is 7.39. The van der Waals surface area contributed by atoms with Crippen LogP contribution in [0.25, 0.3) is 0 Å². The quantitative estimate of drug-likeness (QED) is 0.600. The fourth-order valence-electron chi connectivity index (χ4n) is 2.55. The highest BCUT2D eigenvalue weighted by Crippen LogP contribution is 2.13. The summed E-state index contributed by atoms with van der Waals surface area (Å²) >= 11 is 0. The molecular formula is C22H28. The van der Waals surface area contributed by atoms with Crippen LogP contribution in [0.4, 0.5) is 0 Å². The van der Waals surface area contributed by atoms with Crippen LogP contribution in [0.5, 0.6) is 0 Å². The van der Waals surface area contributed by atoms with Gasteiger partial charge in [-0.2, -0.15) is 0 Å². The summed E-state index contributed by atoms with van der Waals surface area (Å²) in [6.45, 7) is 16.0. The number of hydrogen-bond acceptors (Lipinski definition) is 0. The third-order valence-electron chi connectivity index (χ3n) is 3.86. The maximum atomic E-state index is 3.74. The Balaban J connectivity index is 0.000000220. The van der Waals surface area contributed by atoms with Crippen molar-refractivity contribution in [3.05, 3.63) is 95.1 Å². The first kappa shape index (κ1) is 18.0. The van der Waals surface area contributed by atoms with E-state index in [1.54, 1.807) is 0 Å². The Labute approximate surface area is 136 Å². The molecule has 0 N–H and O–H groups in total. The first-order chi connectivity index (χ1) is 10.5. The minimum Gasteiger partial charge on any atom is -0.103 e. The van der Waals surface area contributed by atoms with Gasteiger partial charge in [-0.25, -0.2) is 0 Å². The van der Waals surface area contributed by atoms with Crippen LogP contribution in [0.3, 0.4) is 0 Å². The summed E-state index contributed by atoms with van der Waals surface area (Å²) in [6, 6.07) is 12.9. The molecule has 0 aliphatic rings. The van der Waals surface area contributed by atoms with Crippen LogP contribution in [-0.4, -0.2) is 0 Å². The van der Waals surface area contributed by atoms with Gasteiger partial charge in [0.15, 0.2) is 0 Å². The van der Waals surface area contributed by atoms with E-state index in [1.807, 2.05) is 12.2 Å². The highest BCUT2D eigenvalue weighted by Gasteiger charge is 1.97. The Morgan fingerprint density at radius 3 is 1.86 bits per heavy atom. The van der Waals surface area contributed by atoms with Crippen LogP contribution in [0.15, 0.2) is 61.7 Å². The molecule has 0 unspecified atom stereocenters. The summed E-state index contributed by atoms with van der Waals surface area (Å²) in [4.78, 5) is 0. The van der Waals surface area contributed by atoms with E-state index in [0.29, 0.717) is 0 Å². The predicted octanol–water partition coefficient (Wildman–Crippen LogP) is 6.06. The minimum atomic E-state index is 0.978. The van der Waals surface area contributed by atoms with Crippen molar-refractivity contribution in [1.82, 2.24) is 0 Å². The van der Waals surface area contributed by atoms with Gasteiger partial charge < -0.3 is 0 Å². The second kappa shape index (κ2) is 9.04. The third kappa shape index (κ3) is 5.37. The van der Waals surface area contributed by atoms with Crippen LogP contribution in [0.2, 0.25) is 0 Å². The van der Waals surface area contributed by atoms with Gasteiger partial charge in [0.2, 0.25) is 0 Å². The van der Waals surface area contributed by atoms with E-state index in [-0.39, 0.29) is 0 Å². The van der Waals surface area contributed by atoms with Crippen LogP contribution >= 0.6 is 0 Å². The normalized spacial score (nSPS) is 9.64. The fraction of sp³-hybridized carbons (Fsp3) is 0.273. The molecule has 0 aromatic heterocycles. The molecule has 0 heteroatoms. The largest absolute Gasteiger partial charge is 0.103 e. The molecule has 0 saturated carbocycles. The van der Waals surface area contributed by atoms with E-state index in [2.05, 4.69) is 77.3 Å². The van der Waals surface area contributed by atoms with Crippen molar-refractivity contribution in [3.8, 4) is 0 Å². The highest BCUT2D eigenvalue weighted by molar-refractivity contribution is 5.34. The summed E-state index contributed by atoms with van der Waals surface area (Å²) < 4.78 is 0. The van der Waals surface area contributed by atoms with Crippen LogP contribution < -0.4 is 0 Å². The van der Waals surface area contributed by atoms with Gasteiger partial charge in [-0.1, -0.05) is 54.1 Å². The number of aryl methyl sites for hydroxylation is 4. The third-order valence-corrected chi connectivity index (χ3v) is 3.86. The Morgan fingerprint density at radius 2 is 1.36 bits per heavy atom. The molecule has 116 valence electrons. The van der Waals surface area contributed by atoms with Crippen molar-refractivity contribution < 1.29 is 0 Å². The molecule has 0 aliphatic carbocycles. The van der Waals surface area contributed by atoms with Crippen LogP contribution in [0, 0.1) is 27.7 Å². The number of allylic oxidation sites excluding steroid dienone is 2. The molecule has 22 heavy (non-hydrogen) atoms. The van der Waals surface area contributed by atoms with E-state index in [0.717, 1.165) is 12.8 Å². The maximum absolute atomic E-state index is 3.74. The lowest BCUT2D eigenvalue weighted by Gasteiger charge is -2.05. The molecule has 0 radical (unpaired) electrons. The molecule has 0 atom stereocenters. The van der Waals surface area contributed by atoms with Gasteiger partial charge in [-0.05, 0) is 68.4 Å². The first-order valence-electron chi connectivity index (χ1n) is 7.82. The van der Waals surface area contributed by atoms with E-state index >= 15 is 0 Å². The number of benzene rings is 2. The summed E-state index contributed by atoms with van der Waals surface area (Å²) in [5.41, 5.74) is 8.23. The minimum absolute atomic E-state index is 0.978. The number of rotatable bonds is 4. The van der Waals surface area contributed by atoms with E-state index in [4.69, 9.17) is 0 Å². The van der Waals surface area contributed by atoms with Crippen molar-refractivity contribution in [2.45, 2.75) is 40.5 Å². The average Bonchev–Trinajstić information content (AvgIpc) is 2.47. The molecular weight excluding hydrogens is 264 g/mol. The van der Waals surface area contributed by atoms with Gasteiger partial charge >= 0.3 is 0 Å². The van der Waals surface area contributed by atoms with Crippen LogP contribution in [-0.2, 0) is 12.8 Å². The summed E-state index contributed by atoms with van der Waals surface area (Å²) in [6.07, 6.45) is 5.86.